The Hall–Kier alpha value is -2.34. The summed E-state index contributed by atoms with van der Waals surface area (Å²) in [7, 11) is 0. The Morgan fingerprint density at radius 1 is 1.46 bits per heavy atom. The molecule has 1 amide bonds. The van der Waals surface area contributed by atoms with Crippen molar-refractivity contribution in [3.63, 3.8) is 0 Å². The summed E-state index contributed by atoms with van der Waals surface area (Å²) >= 11 is 0. The molecule has 1 N–H and O–H groups in total. The van der Waals surface area contributed by atoms with E-state index in [-0.39, 0.29) is 5.91 Å². The number of nitrogens with one attached hydrogen (secondary N) is 1. The molecule has 0 radical (unpaired) electrons. The van der Waals surface area contributed by atoms with Gasteiger partial charge in [-0.05, 0) is 45.7 Å². The number of furan rings is 1. The van der Waals surface area contributed by atoms with Crippen molar-refractivity contribution in [3.05, 3.63) is 46.7 Å². The molecule has 1 atom stereocenters. The Kier molecular flexibility index (Phi) is 4.85. The molecule has 0 unspecified atom stereocenters. The number of nitrogens with zero attached hydrogens (tertiary/aromatic N) is 2. The largest absolute Gasteiger partial charge is 0.469 e. The fraction of sp³-hybridized carbons (Fsp3) is 0.444. The Morgan fingerprint density at radius 3 is 2.96 bits per heavy atom. The summed E-state index contributed by atoms with van der Waals surface area (Å²) < 4.78 is 13.1. The number of aryl methyl sites for hydroxylation is 2. The van der Waals surface area contributed by atoms with Gasteiger partial charge in [0.1, 0.15) is 5.76 Å². The number of carbonyl (C=O) groups excluding carboxylic acids is 1. The van der Waals surface area contributed by atoms with Crippen LogP contribution in [0.15, 0.2) is 27.9 Å². The number of hydrogen-bond acceptors (Lipinski definition) is 4. The maximum absolute atomic E-state index is 12.0. The number of rotatable bonds is 5. The van der Waals surface area contributed by atoms with Gasteiger partial charge < -0.3 is 13.7 Å². The van der Waals surface area contributed by atoms with E-state index in [1.807, 2.05) is 0 Å². The van der Waals surface area contributed by atoms with Crippen LogP contribution in [0.25, 0.3) is 0 Å². The summed E-state index contributed by atoms with van der Waals surface area (Å²) in [5.74, 6) is 0.308. The van der Waals surface area contributed by atoms with Crippen LogP contribution in [-0.2, 0) is 11.3 Å². The van der Waals surface area contributed by atoms with E-state index in [2.05, 4.69) is 35.0 Å². The molecule has 0 saturated carbocycles. The molecule has 1 fully saturated rings. The highest BCUT2D eigenvalue weighted by molar-refractivity contribution is 5.95. The first-order valence-corrected chi connectivity index (χ1v) is 8.22. The third-order valence-electron chi connectivity index (χ3n) is 4.50. The molecule has 0 spiro atoms. The second-order valence-electron chi connectivity index (χ2n) is 6.16. The van der Waals surface area contributed by atoms with Gasteiger partial charge in [0.15, 0.2) is 0 Å². The number of hydrogen-bond donors (Lipinski definition) is 1. The van der Waals surface area contributed by atoms with Gasteiger partial charge >= 0.3 is 0 Å². The summed E-state index contributed by atoms with van der Waals surface area (Å²) in [5.41, 5.74) is 6.32. The highest BCUT2D eigenvalue weighted by Crippen LogP contribution is 2.19. The van der Waals surface area contributed by atoms with E-state index < -0.39 is 0 Å². The smallest absolute Gasteiger partial charge is 0.274 e. The van der Waals surface area contributed by atoms with Gasteiger partial charge in [0, 0.05) is 30.1 Å². The lowest BCUT2D eigenvalue weighted by Crippen LogP contribution is -2.18. The second-order valence-corrected chi connectivity index (χ2v) is 6.16. The minimum atomic E-state index is -0.273. The van der Waals surface area contributed by atoms with Crippen LogP contribution in [0.3, 0.4) is 0 Å². The van der Waals surface area contributed by atoms with E-state index in [1.54, 1.807) is 19.2 Å². The molecule has 3 heterocycles. The molecule has 3 rings (SSSR count). The van der Waals surface area contributed by atoms with Crippen molar-refractivity contribution in [1.82, 2.24) is 9.99 Å². The Morgan fingerprint density at radius 2 is 2.29 bits per heavy atom. The Labute approximate surface area is 141 Å². The lowest BCUT2D eigenvalue weighted by Gasteiger charge is -2.14. The predicted octanol–water partition coefficient (Wildman–Crippen LogP) is 2.95. The molecular formula is C18H23N3O3. The van der Waals surface area contributed by atoms with Gasteiger partial charge in [0.2, 0.25) is 0 Å². The summed E-state index contributed by atoms with van der Waals surface area (Å²) in [6, 6.07) is 3.71. The van der Waals surface area contributed by atoms with Crippen molar-refractivity contribution in [2.45, 2.75) is 46.3 Å². The van der Waals surface area contributed by atoms with Gasteiger partial charge in [0.25, 0.3) is 5.91 Å². The third kappa shape index (κ3) is 3.43. The second kappa shape index (κ2) is 7.05. The van der Waals surface area contributed by atoms with Crippen molar-refractivity contribution in [1.29, 1.82) is 0 Å². The van der Waals surface area contributed by atoms with E-state index in [1.165, 1.54) is 12.0 Å². The third-order valence-corrected chi connectivity index (χ3v) is 4.50. The summed E-state index contributed by atoms with van der Waals surface area (Å²) in [5, 5.41) is 4.07. The van der Waals surface area contributed by atoms with Crippen LogP contribution < -0.4 is 5.43 Å². The molecule has 2 aromatic heterocycles. The van der Waals surface area contributed by atoms with Crippen molar-refractivity contribution in [3.8, 4) is 0 Å². The average molecular weight is 329 g/mol. The van der Waals surface area contributed by atoms with E-state index in [0.29, 0.717) is 17.4 Å². The number of amides is 1. The van der Waals surface area contributed by atoms with Gasteiger partial charge in [-0.3, -0.25) is 4.79 Å². The van der Waals surface area contributed by atoms with Gasteiger partial charge in [0.05, 0.1) is 24.1 Å². The van der Waals surface area contributed by atoms with Gasteiger partial charge in [-0.1, -0.05) is 0 Å². The van der Waals surface area contributed by atoms with Crippen molar-refractivity contribution in [2.24, 2.45) is 5.10 Å². The maximum atomic E-state index is 12.0. The highest BCUT2D eigenvalue weighted by atomic mass is 16.5. The standard InChI is InChI=1S/C18H23N3O3/c1-12-9-15(13(2)21(12)11-16-5-4-7-24-16)10-19-20-18(22)17-6-8-23-14(17)3/h6,8-10,16H,4-5,7,11H2,1-3H3,(H,20,22)/b19-10-/t16-/m0/s1. The van der Waals surface area contributed by atoms with E-state index in [4.69, 9.17) is 9.15 Å². The van der Waals surface area contributed by atoms with Gasteiger partial charge in [-0.15, -0.1) is 0 Å². The molecule has 128 valence electrons. The number of hydrazone groups is 1. The molecule has 24 heavy (non-hydrogen) atoms. The summed E-state index contributed by atoms with van der Waals surface area (Å²) in [6.07, 6.45) is 5.72. The Bertz CT molecular complexity index is 752. The highest BCUT2D eigenvalue weighted by Gasteiger charge is 2.18. The number of aromatic nitrogens is 1. The Balaban J connectivity index is 1.66. The SMILES string of the molecule is Cc1occc1C(=O)N/N=C\c1cc(C)n(C[C@@H]2CCCO2)c1C. The molecule has 1 aliphatic rings. The number of carbonyl (C=O) groups is 1. The van der Waals surface area contributed by atoms with Crippen LogP contribution in [0.2, 0.25) is 0 Å². The molecule has 6 nitrogen and oxygen atoms in total. The number of ether oxygens (including phenoxy) is 1. The van der Waals surface area contributed by atoms with Crippen molar-refractivity contribution < 1.29 is 13.9 Å². The first kappa shape index (κ1) is 16.5. The zero-order valence-electron chi connectivity index (χ0n) is 14.3. The quantitative estimate of drug-likeness (QED) is 0.677. The fourth-order valence-electron chi connectivity index (χ4n) is 3.07. The zero-order valence-corrected chi connectivity index (χ0v) is 14.3. The molecule has 1 saturated heterocycles. The van der Waals surface area contributed by atoms with Crippen molar-refractivity contribution >= 4 is 12.1 Å². The molecule has 2 aromatic rings. The topological polar surface area (TPSA) is 68.8 Å². The molecule has 1 aliphatic heterocycles. The summed E-state index contributed by atoms with van der Waals surface area (Å²) in [4.78, 5) is 12.0. The minimum Gasteiger partial charge on any atom is -0.469 e. The fourth-order valence-corrected chi connectivity index (χ4v) is 3.07. The summed E-state index contributed by atoms with van der Waals surface area (Å²) in [6.45, 7) is 7.61. The van der Waals surface area contributed by atoms with Gasteiger partial charge in [-0.25, -0.2) is 5.43 Å². The first-order chi connectivity index (χ1) is 11.6. The zero-order chi connectivity index (χ0) is 17.1. The van der Waals surface area contributed by atoms with Crippen LogP contribution in [0.4, 0.5) is 0 Å². The monoisotopic (exact) mass is 329 g/mol. The molecular weight excluding hydrogens is 306 g/mol. The maximum Gasteiger partial charge on any atom is 0.274 e. The van der Waals surface area contributed by atoms with E-state index in [9.17, 15) is 4.79 Å². The molecule has 6 heteroatoms. The van der Waals surface area contributed by atoms with Crippen LogP contribution in [0.1, 0.15) is 45.9 Å². The van der Waals surface area contributed by atoms with Crippen molar-refractivity contribution in [2.75, 3.05) is 6.61 Å². The molecule has 0 aromatic carbocycles. The minimum absolute atomic E-state index is 0.273. The van der Waals surface area contributed by atoms with Crippen LogP contribution in [0, 0.1) is 20.8 Å². The first-order valence-electron chi connectivity index (χ1n) is 8.22. The van der Waals surface area contributed by atoms with Crippen LogP contribution in [-0.4, -0.2) is 29.4 Å². The van der Waals surface area contributed by atoms with Gasteiger partial charge in [-0.2, -0.15) is 5.10 Å². The predicted molar refractivity (Wildman–Crippen MR) is 91.4 cm³/mol. The van der Waals surface area contributed by atoms with E-state index >= 15 is 0 Å². The molecule has 0 aliphatic carbocycles. The van der Waals surface area contributed by atoms with E-state index in [0.717, 1.165) is 37.3 Å². The normalized spacial score (nSPS) is 17.7. The van der Waals surface area contributed by atoms with Crippen LogP contribution in [0.5, 0.6) is 0 Å². The average Bonchev–Trinajstić information content (AvgIpc) is 3.26. The lowest BCUT2D eigenvalue weighted by atomic mass is 10.2. The lowest BCUT2D eigenvalue weighted by molar-refractivity contribution is 0.0953. The van der Waals surface area contributed by atoms with Crippen LogP contribution >= 0.6 is 0 Å². The molecule has 0 bridgehead atoms.